The van der Waals surface area contributed by atoms with Crippen molar-refractivity contribution in [2.24, 2.45) is 11.7 Å². The first-order valence-electron chi connectivity index (χ1n) is 11.1. The summed E-state index contributed by atoms with van der Waals surface area (Å²) in [7, 11) is 0. The number of hydrogen-bond donors (Lipinski definition) is 2. The van der Waals surface area contributed by atoms with Crippen LogP contribution in [0, 0.1) is 5.92 Å². The largest absolute Gasteiger partial charge is 0.484 e. The molecular formula is C25H31N3O5S. The third-order valence-corrected chi connectivity index (χ3v) is 5.73. The van der Waals surface area contributed by atoms with E-state index in [1.54, 1.807) is 43.5 Å². The van der Waals surface area contributed by atoms with E-state index < -0.39 is 17.6 Å². The summed E-state index contributed by atoms with van der Waals surface area (Å²) in [5.41, 5.74) is 5.91. The van der Waals surface area contributed by atoms with E-state index in [0.717, 1.165) is 10.4 Å². The fourth-order valence-corrected chi connectivity index (χ4v) is 4.43. The molecule has 0 saturated carbocycles. The van der Waals surface area contributed by atoms with Gasteiger partial charge in [0.15, 0.2) is 6.61 Å². The highest BCUT2D eigenvalue weighted by Gasteiger charge is 2.22. The Labute approximate surface area is 202 Å². The van der Waals surface area contributed by atoms with E-state index in [0.29, 0.717) is 28.8 Å². The molecule has 2 aromatic heterocycles. The Balaban J connectivity index is 2.21. The maximum Gasteiger partial charge on any atom is 0.407 e. The number of nitrogens with zero attached hydrogens (tertiary/aromatic N) is 1. The number of aromatic nitrogens is 1. The molecule has 0 fully saturated rings. The molecule has 182 valence electrons. The monoisotopic (exact) mass is 485 g/mol. The van der Waals surface area contributed by atoms with E-state index in [2.05, 4.69) is 5.32 Å². The van der Waals surface area contributed by atoms with Gasteiger partial charge >= 0.3 is 6.09 Å². The Morgan fingerprint density at radius 2 is 1.91 bits per heavy atom. The fraction of sp³-hybridized carbons (Fsp3) is 0.400. The third-order valence-electron chi connectivity index (χ3n) is 4.85. The Morgan fingerprint density at radius 1 is 1.18 bits per heavy atom. The highest BCUT2D eigenvalue weighted by atomic mass is 32.1. The summed E-state index contributed by atoms with van der Waals surface area (Å²) in [6, 6.07) is 9.00. The summed E-state index contributed by atoms with van der Waals surface area (Å²) in [4.78, 5) is 38.1. The van der Waals surface area contributed by atoms with Gasteiger partial charge in [-0.15, -0.1) is 11.3 Å². The van der Waals surface area contributed by atoms with Crippen LogP contribution in [0.2, 0.25) is 0 Å². The van der Waals surface area contributed by atoms with Crippen molar-refractivity contribution < 1.29 is 19.1 Å². The standard InChI is InChI=1S/C25H31N3O5S/c1-15(2)13-28-19(12-27-24(31)33-25(3,4)5)22(20-7-6-10-34-20)18-11-16(32-14-21(26)29)8-9-17(18)23(28)30/h6-11,15H,12-14H2,1-5H3,(H2,26,29)(H,27,31). The molecule has 0 aliphatic carbocycles. The smallest absolute Gasteiger partial charge is 0.407 e. The van der Waals surface area contributed by atoms with Gasteiger partial charge in [-0.25, -0.2) is 4.79 Å². The van der Waals surface area contributed by atoms with Crippen LogP contribution in [-0.4, -0.2) is 28.8 Å². The number of amides is 2. The third kappa shape index (κ3) is 6.17. The maximum atomic E-state index is 13.6. The molecule has 2 heterocycles. The van der Waals surface area contributed by atoms with E-state index in [1.165, 1.54) is 11.3 Å². The number of pyridine rings is 1. The minimum Gasteiger partial charge on any atom is -0.484 e. The highest BCUT2D eigenvalue weighted by molar-refractivity contribution is 7.13. The summed E-state index contributed by atoms with van der Waals surface area (Å²) >= 11 is 1.53. The average molecular weight is 486 g/mol. The molecule has 9 heteroatoms. The molecule has 8 nitrogen and oxygen atoms in total. The number of benzene rings is 1. The van der Waals surface area contributed by atoms with Gasteiger partial charge in [0.05, 0.1) is 6.54 Å². The number of primary amides is 1. The fourth-order valence-electron chi connectivity index (χ4n) is 3.63. The van der Waals surface area contributed by atoms with Crippen molar-refractivity contribution in [1.82, 2.24) is 9.88 Å². The molecule has 3 aromatic rings. The van der Waals surface area contributed by atoms with Gasteiger partial charge in [0, 0.05) is 33.5 Å². The second kappa shape index (κ2) is 10.3. The number of alkyl carbamates (subject to hydrolysis) is 1. The van der Waals surface area contributed by atoms with E-state index >= 15 is 0 Å². The summed E-state index contributed by atoms with van der Waals surface area (Å²) < 4.78 is 12.6. The zero-order valence-corrected chi connectivity index (χ0v) is 21.0. The van der Waals surface area contributed by atoms with Crippen LogP contribution in [0.1, 0.15) is 40.3 Å². The number of nitrogens with two attached hydrogens (primary N) is 1. The highest BCUT2D eigenvalue weighted by Crippen LogP contribution is 2.36. The molecule has 0 radical (unpaired) electrons. The van der Waals surface area contributed by atoms with Gasteiger partial charge in [-0.2, -0.15) is 0 Å². The SMILES string of the molecule is CC(C)Cn1c(CNC(=O)OC(C)(C)C)c(-c2cccs2)c2cc(OCC(N)=O)ccc2c1=O. The number of ether oxygens (including phenoxy) is 2. The van der Waals surface area contributed by atoms with Crippen molar-refractivity contribution in [3.63, 3.8) is 0 Å². The number of hydrogen-bond acceptors (Lipinski definition) is 6. The van der Waals surface area contributed by atoms with Gasteiger partial charge in [-0.05, 0) is 56.3 Å². The molecule has 0 aliphatic heterocycles. The Hall–Kier alpha value is -3.33. The van der Waals surface area contributed by atoms with Gasteiger partial charge in [0.2, 0.25) is 0 Å². The minimum atomic E-state index is -0.645. The first-order valence-corrected chi connectivity index (χ1v) is 12.0. The predicted molar refractivity (Wildman–Crippen MR) is 134 cm³/mol. The van der Waals surface area contributed by atoms with Crippen molar-refractivity contribution in [3.8, 4) is 16.2 Å². The Kier molecular flexibility index (Phi) is 7.66. The summed E-state index contributed by atoms with van der Waals surface area (Å²) in [5, 5.41) is 5.97. The molecular weight excluding hydrogens is 454 g/mol. The summed E-state index contributed by atoms with van der Waals surface area (Å²) in [5.74, 6) is 0.0362. The molecule has 0 unspecified atom stereocenters. The van der Waals surface area contributed by atoms with Crippen LogP contribution in [0.4, 0.5) is 4.79 Å². The predicted octanol–water partition coefficient (Wildman–Crippen LogP) is 4.27. The lowest BCUT2D eigenvalue weighted by Gasteiger charge is -2.23. The molecule has 0 bridgehead atoms. The molecule has 1 aromatic carbocycles. The van der Waals surface area contributed by atoms with Crippen LogP contribution < -0.4 is 21.3 Å². The molecule has 0 aliphatic rings. The van der Waals surface area contributed by atoms with Crippen molar-refractivity contribution in [3.05, 3.63) is 51.8 Å². The second-order valence-corrected chi connectivity index (χ2v) is 10.4. The normalized spacial score (nSPS) is 11.6. The van der Waals surface area contributed by atoms with Crippen LogP contribution >= 0.6 is 11.3 Å². The average Bonchev–Trinajstić information content (AvgIpc) is 3.25. The number of nitrogens with one attached hydrogen (secondary N) is 1. The zero-order chi connectivity index (χ0) is 25.0. The van der Waals surface area contributed by atoms with Gasteiger partial charge in [0.25, 0.3) is 11.5 Å². The van der Waals surface area contributed by atoms with E-state index in [-0.39, 0.29) is 24.6 Å². The lowest BCUT2D eigenvalue weighted by molar-refractivity contribution is -0.119. The van der Waals surface area contributed by atoms with Crippen LogP contribution in [0.15, 0.2) is 40.5 Å². The van der Waals surface area contributed by atoms with Crippen LogP contribution in [-0.2, 0) is 22.6 Å². The van der Waals surface area contributed by atoms with Gasteiger partial charge < -0.3 is 25.1 Å². The number of carbonyl (C=O) groups excluding carboxylic acids is 2. The first kappa shape index (κ1) is 25.3. The van der Waals surface area contributed by atoms with E-state index in [1.807, 2.05) is 31.4 Å². The quantitative estimate of drug-likeness (QED) is 0.495. The number of carbonyl (C=O) groups is 2. The molecule has 3 N–H and O–H groups in total. The maximum absolute atomic E-state index is 13.6. The van der Waals surface area contributed by atoms with Gasteiger partial charge in [0.1, 0.15) is 11.4 Å². The summed E-state index contributed by atoms with van der Waals surface area (Å²) in [6.07, 6.45) is -0.563. The van der Waals surface area contributed by atoms with Crippen LogP contribution in [0.25, 0.3) is 21.2 Å². The van der Waals surface area contributed by atoms with E-state index in [4.69, 9.17) is 15.2 Å². The molecule has 34 heavy (non-hydrogen) atoms. The number of fused-ring (bicyclic) bond motifs is 1. The lowest BCUT2D eigenvalue weighted by Crippen LogP contribution is -2.35. The van der Waals surface area contributed by atoms with Crippen LogP contribution in [0.3, 0.4) is 0 Å². The molecule has 0 atom stereocenters. The van der Waals surface area contributed by atoms with Crippen LogP contribution in [0.5, 0.6) is 5.75 Å². The number of rotatable bonds is 8. The minimum absolute atomic E-state index is 0.104. The van der Waals surface area contributed by atoms with Gasteiger partial charge in [-0.3, -0.25) is 9.59 Å². The first-order chi connectivity index (χ1) is 16.0. The number of thiophene rings is 1. The van der Waals surface area contributed by atoms with Crippen molar-refractivity contribution in [1.29, 1.82) is 0 Å². The second-order valence-electron chi connectivity index (χ2n) is 9.43. The van der Waals surface area contributed by atoms with Crippen molar-refractivity contribution in [2.45, 2.75) is 53.3 Å². The van der Waals surface area contributed by atoms with Crippen molar-refractivity contribution in [2.75, 3.05) is 6.61 Å². The molecule has 2 amide bonds. The molecule has 0 saturated heterocycles. The van der Waals surface area contributed by atoms with E-state index in [9.17, 15) is 14.4 Å². The van der Waals surface area contributed by atoms with Gasteiger partial charge in [-0.1, -0.05) is 19.9 Å². The summed E-state index contributed by atoms with van der Waals surface area (Å²) in [6.45, 7) is 9.77. The lowest BCUT2D eigenvalue weighted by atomic mass is 10.0. The Bertz CT molecular complexity index is 1240. The zero-order valence-electron chi connectivity index (χ0n) is 20.1. The topological polar surface area (TPSA) is 113 Å². The van der Waals surface area contributed by atoms with Crippen molar-refractivity contribution >= 4 is 34.1 Å². The Morgan fingerprint density at radius 3 is 2.50 bits per heavy atom. The molecule has 3 rings (SSSR count). The molecule has 0 spiro atoms.